The molecule has 4 atom stereocenters. The van der Waals surface area contributed by atoms with E-state index in [-0.39, 0.29) is 12.1 Å². The summed E-state index contributed by atoms with van der Waals surface area (Å²) in [6.07, 6.45) is 4.05. The number of hydrogen-bond acceptors (Lipinski definition) is 5. The molecule has 0 aliphatic carbocycles. The first-order valence-electron chi connectivity index (χ1n) is 10.2. The van der Waals surface area contributed by atoms with Gasteiger partial charge in [-0.1, -0.05) is 32.0 Å². The van der Waals surface area contributed by atoms with Crippen molar-refractivity contribution in [2.75, 3.05) is 13.2 Å². The third-order valence-electron chi connectivity index (χ3n) is 6.03. The number of esters is 1. The van der Waals surface area contributed by atoms with E-state index in [4.69, 9.17) is 9.47 Å². The molecule has 4 rings (SSSR count). The molecule has 3 unspecified atom stereocenters. The molecule has 3 aromatic rings. The van der Waals surface area contributed by atoms with Gasteiger partial charge in [0.25, 0.3) is 0 Å². The van der Waals surface area contributed by atoms with Crippen LogP contribution in [0.5, 0.6) is 0 Å². The van der Waals surface area contributed by atoms with Crippen LogP contribution in [0.25, 0.3) is 16.7 Å². The number of hydrogen-bond donors (Lipinski definition) is 0. The first kappa shape index (κ1) is 19.6. The molecular weight excluding hydrogens is 366 g/mol. The SMILES string of the molecule is CC(CC1COCC(C)[C@@H]1C)OC(=O)c1cn(-c2cccnn2)c2ccccc12. The Morgan fingerprint density at radius 3 is 2.86 bits per heavy atom. The fourth-order valence-corrected chi connectivity index (χ4v) is 4.13. The van der Waals surface area contributed by atoms with Crippen molar-refractivity contribution in [3.63, 3.8) is 0 Å². The third-order valence-corrected chi connectivity index (χ3v) is 6.03. The average molecular weight is 393 g/mol. The molecule has 29 heavy (non-hydrogen) atoms. The van der Waals surface area contributed by atoms with Gasteiger partial charge in [-0.15, -0.1) is 5.10 Å². The molecule has 0 radical (unpaired) electrons. The molecule has 2 aromatic heterocycles. The van der Waals surface area contributed by atoms with Crippen LogP contribution < -0.4 is 0 Å². The molecule has 6 nitrogen and oxygen atoms in total. The molecule has 3 heterocycles. The van der Waals surface area contributed by atoms with Crippen molar-refractivity contribution in [2.24, 2.45) is 17.8 Å². The summed E-state index contributed by atoms with van der Waals surface area (Å²) in [5.74, 6) is 1.85. The monoisotopic (exact) mass is 393 g/mol. The third kappa shape index (κ3) is 4.03. The minimum atomic E-state index is -0.311. The minimum absolute atomic E-state index is 0.178. The fourth-order valence-electron chi connectivity index (χ4n) is 4.13. The molecule has 152 valence electrons. The topological polar surface area (TPSA) is 66.2 Å². The molecule has 0 saturated carbocycles. The van der Waals surface area contributed by atoms with E-state index >= 15 is 0 Å². The number of carbonyl (C=O) groups is 1. The number of rotatable bonds is 5. The standard InChI is InChI=1S/C23H27N3O3/c1-15-13-28-14-18(17(15)3)11-16(2)29-23(27)20-12-26(22-9-6-10-24-25-22)21-8-5-4-7-19(20)21/h4-10,12,15-18H,11,13-14H2,1-3H3/t15?,16?,17-,18?/m0/s1. The maximum atomic E-state index is 13.0. The highest BCUT2D eigenvalue weighted by Crippen LogP contribution is 2.31. The lowest BCUT2D eigenvalue weighted by atomic mass is 9.80. The summed E-state index contributed by atoms with van der Waals surface area (Å²) < 4.78 is 13.4. The summed E-state index contributed by atoms with van der Waals surface area (Å²) in [4.78, 5) is 13.0. The second-order valence-electron chi connectivity index (χ2n) is 8.10. The van der Waals surface area contributed by atoms with Gasteiger partial charge in [0.2, 0.25) is 0 Å². The van der Waals surface area contributed by atoms with Crippen molar-refractivity contribution in [3.05, 3.63) is 54.4 Å². The molecule has 0 amide bonds. The number of carbonyl (C=O) groups excluding carboxylic acids is 1. The van der Waals surface area contributed by atoms with E-state index in [1.165, 1.54) is 0 Å². The smallest absolute Gasteiger partial charge is 0.340 e. The van der Waals surface area contributed by atoms with Crippen LogP contribution in [-0.4, -0.2) is 40.1 Å². The van der Waals surface area contributed by atoms with E-state index in [1.54, 1.807) is 12.4 Å². The Morgan fingerprint density at radius 2 is 2.07 bits per heavy atom. The lowest BCUT2D eigenvalue weighted by Gasteiger charge is -2.35. The van der Waals surface area contributed by atoms with Crippen LogP contribution in [0.2, 0.25) is 0 Å². The molecule has 1 fully saturated rings. The lowest BCUT2D eigenvalue weighted by molar-refractivity contribution is -0.0366. The molecule has 6 heteroatoms. The molecule has 1 aliphatic heterocycles. The number of benzene rings is 1. The Labute approximate surface area is 170 Å². The number of ether oxygens (including phenoxy) is 2. The Hall–Kier alpha value is -2.73. The summed E-state index contributed by atoms with van der Waals surface area (Å²) >= 11 is 0. The zero-order valence-corrected chi connectivity index (χ0v) is 17.1. The van der Waals surface area contributed by atoms with Crippen molar-refractivity contribution >= 4 is 16.9 Å². The van der Waals surface area contributed by atoms with Gasteiger partial charge in [-0.3, -0.25) is 4.57 Å². The van der Waals surface area contributed by atoms with Crippen molar-refractivity contribution in [2.45, 2.75) is 33.3 Å². The Balaban J connectivity index is 1.54. The summed E-state index contributed by atoms with van der Waals surface area (Å²) in [6.45, 7) is 7.99. The second-order valence-corrected chi connectivity index (χ2v) is 8.10. The summed E-state index contributed by atoms with van der Waals surface area (Å²) in [7, 11) is 0. The van der Waals surface area contributed by atoms with Gasteiger partial charge >= 0.3 is 5.97 Å². The molecular formula is C23H27N3O3. The van der Waals surface area contributed by atoms with E-state index in [0.717, 1.165) is 30.5 Å². The van der Waals surface area contributed by atoms with Crippen molar-refractivity contribution < 1.29 is 14.3 Å². The molecule has 1 aromatic carbocycles. The first-order chi connectivity index (χ1) is 14.0. The molecule has 0 N–H and O–H groups in total. The minimum Gasteiger partial charge on any atom is -0.459 e. The number of para-hydroxylation sites is 1. The van der Waals surface area contributed by atoms with E-state index in [9.17, 15) is 4.79 Å². The van der Waals surface area contributed by atoms with Gasteiger partial charge in [0.05, 0.1) is 17.2 Å². The van der Waals surface area contributed by atoms with Gasteiger partial charge in [0.15, 0.2) is 5.82 Å². The highest BCUT2D eigenvalue weighted by Gasteiger charge is 2.30. The highest BCUT2D eigenvalue weighted by atomic mass is 16.5. The normalized spacial score (nSPS) is 23.1. The Kier molecular flexibility index (Phi) is 5.62. The summed E-state index contributed by atoms with van der Waals surface area (Å²) in [5.41, 5.74) is 1.44. The van der Waals surface area contributed by atoms with Crippen LogP contribution in [-0.2, 0) is 9.47 Å². The molecule has 0 bridgehead atoms. The molecule has 0 spiro atoms. The predicted molar refractivity (Wildman–Crippen MR) is 111 cm³/mol. The number of nitrogens with zero attached hydrogens (tertiary/aromatic N) is 3. The van der Waals surface area contributed by atoms with Crippen molar-refractivity contribution in [1.82, 2.24) is 14.8 Å². The van der Waals surface area contributed by atoms with Gasteiger partial charge in [-0.2, -0.15) is 5.10 Å². The van der Waals surface area contributed by atoms with Crippen molar-refractivity contribution in [1.29, 1.82) is 0 Å². The maximum Gasteiger partial charge on any atom is 0.340 e. The van der Waals surface area contributed by atoms with Gasteiger partial charge in [-0.25, -0.2) is 4.79 Å². The average Bonchev–Trinajstić information content (AvgIpc) is 3.12. The molecule has 1 aliphatic rings. The zero-order valence-electron chi connectivity index (χ0n) is 17.1. The summed E-state index contributed by atoms with van der Waals surface area (Å²) in [5, 5.41) is 8.97. The van der Waals surface area contributed by atoms with Crippen molar-refractivity contribution in [3.8, 4) is 5.82 Å². The van der Waals surface area contributed by atoms with E-state index in [1.807, 2.05) is 47.9 Å². The maximum absolute atomic E-state index is 13.0. The van der Waals surface area contributed by atoms with Gasteiger partial charge < -0.3 is 9.47 Å². The summed E-state index contributed by atoms with van der Waals surface area (Å²) in [6, 6.07) is 11.5. The van der Waals surface area contributed by atoms with Crippen LogP contribution in [0.15, 0.2) is 48.8 Å². The van der Waals surface area contributed by atoms with Crippen LogP contribution >= 0.6 is 0 Å². The second kappa shape index (κ2) is 8.33. The van der Waals surface area contributed by atoms with Crippen LogP contribution in [0.4, 0.5) is 0 Å². The Morgan fingerprint density at radius 1 is 1.24 bits per heavy atom. The predicted octanol–water partition coefficient (Wildman–Crippen LogP) is 4.27. The number of fused-ring (bicyclic) bond motifs is 1. The van der Waals surface area contributed by atoms with Crippen LogP contribution in [0, 0.1) is 17.8 Å². The van der Waals surface area contributed by atoms with E-state index in [0.29, 0.717) is 29.1 Å². The largest absolute Gasteiger partial charge is 0.459 e. The molecule has 1 saturated heterocycles. The van der Waals surface area contributed by atoms with E-state index < -0.39 is 0 Å². The van der Waals surface area contributed by atoms with Gasteiger partial charge in [0, 0.05) is 31.0 Å². The number of aromatic nitrogens is 3. The highest BCUT2D eigenvalue weighted by molar-refractivity contribution is 6.04. The quantitative estimate of drug-likeness (QED) is 0.606. The fraction of sp³-hybridized carbons (Fsp3) is 0.435. The Bertz CT molecular complexity index is 985. The first-order valence-corrected chi connectivity index (χ1v) is 10.2. The zero-order chi connectivity index (χ0) is 20.4. The van der Waals surface area contributed by atoms with Crippen LogP contribution in [0.1, 0.15) is 37.6 Å². The van der Waals surface area contributed by atoms with Crippen LogP contribution in [0.3, 0.4) is 0 Å². The van der Waals surface area contributed by atoms with Gasteiger partial charge in [-0.05, 0) is 49.3 Å². The van der Waals surface area contributed by atoms with E-state index in [2.05, 4.69) is 24.0 Å². The lowest BCUT2D eigenvalue weighted by Crippen LogP contribution is -2.35. The van der Waals surface area contributed by atoms with Gasteiger partial charge in [0.1, 0.15) is 0 Å².